The average Bonchev–Trinajstić information content (AvgIpc) is 3.09. The molecule has 0 saturated heterocycles. The highest BCUT2D eigenvalue weighted by atomic mass is 16.2. The largest absolute Gasteiger partial charge is 0.338 e. The van der Waals surface area contributed by atoms with Gasteiger partial charge in [0, 0.05) is 44.8 Å². The van der Waals surface area contributed by atoms with Gasteiger partial charge in [-0.1, -0.05) is 30.3 Å². The van der Waals surface area contributed by atoms with Crippen LogP contribution < -0.4 is 0 Å². The van der Waals surface area contributed by atoms with Gasteiger partial charge < -0.3 is 9.47 Å². The summed E-state index contributed by atoms with van der Waals surface area (Å²) in [5.41, 5.74) is 3.60. The number of imidazole rings is 1. The maximum atomic E-state index is 12.0. The lowest BCUT2D eigenvalue weighted by molar-refractivity contribution is -0.129. The highest BCUT2D eigenvalue weighted by Gasteiger charge is 2.30. The molecule has 1 aliphatic rings. The highest BCUT2D eigenvalue weighted by Crippen LogP contribution is 2.33. The van der Waals surface area contributed by atoms with Gasteiger partial charge in [0.15, 0.2) is 0 Å². The van der Waals surface area contributed by atoms with Crippen molar-refractivity contribution < 1.29 is 4.79 Å². The second-order valence-corrected chi connectivity index (χ2v) is 6.43. The molecule has 0 saturated carbocycles. The Labute approximate surface area is 147 Å². The number of carbonyl (C=O) groups excluding carboxylic acids is 1. The Morgan fingerprint density at radius 3 is 2.88 bits per heavy atom. The lowest BCUT2D eigenvalue weighted by Crippen LogP contribution is -2.38. The van der Waals surface area contributed by atoms with Gasteiger partial charge in [0.2, 0.25) is 5.91 Å². The standard InChI is InChI=1S/C20H20N4O/c1-15(25)24-13-17-6-2-3-7-18(17)19(14-24)20-22-9-10-23(20)12-16-5-4-8-21-11-16/h2-11,19H,12-14H2,1H3/t19-/m0/s1. The molecule has 3 aromatic rings. The maximum Gasteiger partial charge on any atom is 0.219 e. The summed E-state index contributed by atoms with van der Waals surface area (Å²) in [6.45, 7) is 3.69. The first-order valence-corrected chi connectivity index (χ1v) is 8.45. The lowest BCUT2D eigenvalue weighted by Gasteiger charge is -2.34. The summed E-state index contributed by atoms with van der Waals surface area (Å²) in [7, 11) is 0. The van der Waals surface area contributed by atoms with Gasteiger partial charge in [-0.2, -0.15) is 0 Å². The van der Waals surface area contributed by atoms with Crippen LogP contribution in [0.25, 0.3) is 0 Å². The molecule has 1 amide bonds. The van der Waals surface area contributed by atoms with E-state index in [1.165, 1.54) is 11.1 Å². The van der Waals surface area contributed by atoms with Crippen LogP contribution in [0.4, 0.5) is 0 Å². The van der Waals surface area contributed by atoms with Crippen molar-refractivity contribution in [2.45, 2.75) is 25.9 Å². The Balaban J connectivity index is 1.72. The molecular formula is C20H20N4O. The lowest BCUT2D eigenvalue weighted by atomic mass is 9.89. The minimum absolute atomic E-state index is 0.0838. The summed E-state index contributed by atoms with van der Waals surface area (Å²) in [6, 6.07) is 12.4. The molecule has 25 heavy (non-hydrogen) atoms. The van der Waals surface area contributed by atoms with E-state index in [-0.39, 0.29) is 11.8 Å². The van der Waals surface area contributed by atoms with Gasteiger partial charge >= 0.3 is 0 Å². The van der Waals surface area contributed by atoms with E-state index >= 15 is 0 Å². The summed E-state index contributed by atoms with van der Waals surface area (Å²) in [6.07, 6.45) is 7.49. The van der Waals surface area contributed by atoms with E-state index in [9.17, 15) is 4.79 Å². The van der Waals surface area contributed by atoms with Crippen molar-refractivity contribution in [3.8, 4) is 0 Å². The normalized spacial score (nSPS) is 16.5. The van der Waals surface area contributed by atoms with Crippen LogP contribution in [-0.4, -0.2) is 31.9 Å². The van der Waals surface area contributed by atoms with Crippen LogP contribution in [0.15, 0.2) is 61.2 Å². The Kier molecular flexibility index (Phi) is 4.06. The van der Waals surface area contributed by atoms with Crippen LogP contribution in [0.3, 0.4) is 0 Å². The number of rotatable bonds is 3. The molecular weight excluding hydrogens is 312 g/mol. The first kappa shape index (κ1) is 15.6. The van der Waals surface area contributed by atoms with Crippen LogP contribution in [-0.2, 0) is 17.9 Å². The first-order chi connectivity index (χ1) is 12.2. The number of hydrogen-bond acceptors (Lipinski definition) is 3. The second-order valence-electron chi connectivity index (χ2n) is 6.43. The van der Waals surface area contributed by atoms with Gasteiger partial charge in [-0.15, -0.1) is 0 Å². The number of carbonyl (C=O) groups is 1. The molecule has 126 valence electrons. The van der Waals surface area contributed by atoms with Gasteiger partial charge in [-0.3, -0.25) is 9.78 Å². The predicted octanol–water partition coefficient (Wildman–Crippen LogP) is 2.82. The molecule has 0 bridgehead atoms. The van der Waals surface area contributed by atoms with E-state index in [2.05, 4.69) is 38.8 Å². The zero-order valence-electron chi connectivity index (χ0n) is 14.2. The molecule has 0 fully saturated rings. The van der Waals surface area contributed by atoms with E-state index in [0.29, 0.717) is 13.1 Å². The van der Waals surface area contributed by atoms with Crippen LogP contribution in [0, 0.1) is 0 Å². The number of benzene rings is 1. The minimum Gasteiger partial charge on any atom is -0.338 e. The molecule has 0 N–H and O–H groups in total. The second kappa shape index (κ2) is 6.51. The average molecular weight is 332 g/mol. The summed E-state index contributed by atoms with van der Waals surface area (Å²) in [4.78, 5) is 22.7. The third kappa shape index (κ3) is 3.05. The van der Waals surface area contributed by atoms with Crippen molar-refractivity contribution in [3.05, 3.63) is 83.7 Å². The SMILES string of the molecule is CC(=O)N1Cc2ccccc2[C@@H](c2nccn2Cc2cccnc2)C1. The number of amides is 1. The van der Waals surface area contributed by atoms with Gasteiger partial charge in [-0.05, 0) is 22.8 Å². The summed E-state index contributed by atoms with van der Waals surface area (Å²) in [5.74, 6) is 1.17. The fourth-order valence-corrected chi connectivity index (χ4v) is 3.52. The molecule has 0 radical (unpaired) electrons. The Hall–Kier alpha value is -2.95. The molecule has 1 aliphatic heterocycles. The predicted molar refractivity (Wildman–Crippen MR) is 94.9 cm³/mol. The number of fused-ring (bicyclic) bond motifs is 1. The van der Waals surface area contributed by atoms with Crippen LogP contribution >= 0.6 is 0 Å². The molecule has 1 atom stereocenters. The molecule has 3 heterocycles. The monoisotopic (exact) mass is 332 g/mol. The van der Waals surface area contributed by atoms with Crippen molar-refractivity contribution in [1.29, 1.82) is 0 Å². The van der Waals surface area contributed by atoms with Gasteiger partial charge in [0.05, 0.1) is 12.5 Å². The number of aromatic nitrogens is 3. The van der Waals surface area contributed by atoms with E-state index in [1.54, 1.807) is 13.1 Å². The fraction of sp³-hybridized carbons (Fsp3) is 0.250. The summed E-state index contributed by atoms with van der Waals surface area (Å²) in [5, 5.41) is 0. The third-order valence-electron chi connectivity index (χ3n) is 4.78. The molecule has 0 unspecified atom stereocenters. The fourth-order valence-electron chi connectivity index (χ4n) is 3.52. The topological polar surface area (TPSA) is 51.0 Å². The van der Waals surface area contributed by atoms with Crippen molar-refractivity contribution in [2.24, 2.45) is 0 Å². The zero-order valence-corrected chi connectivity index (χ0v) is 14.2. The van der Waals surface area contributed by atoms with Crippen LogP contribution in [0.5, 0.6) is 0 Å². The molecule has 4 rings (SSSR count). The number of hydrogen-bond donors (Lipinski definition) is 0. The van der Waals surface area contributed by atoms with Crippen molar-refractivity contribution in [2.75, 3.05) is 6.54 Å². The van der Waals surface area contributed by atoms with E-state index in [4.69, 9.17) is 0 Å². The van der Waals surface area contributed by atoms with Crippen molar-refractivity contribution >= 4 is 5.91 Å². The van der Waals surface area contributed by atoms with E-state index < -0.39 is 0 Å². The van der Waals surface area contributed by atoms with Crippen LogP contribution in [0.1, 0.15) is 35.4 Å². The van der Waals surface area contributed by atoms with Crippen LogP contribution in [0.2, 0.25) is 0 Å². The van der Waals surface area contributed by atoms with Gasteiger partial charge in [0.1, 0.15) is 5.82 Å². The third-order valence-corrected chi connectivity index (χ3v) is 4.78. The quantitative estimate of drug-likeness (QED) is 0.741. The highest BCUT2D eigenvalue weighted by molar-refractivity contribution is 5.74. The Morgan fingerprint density at radius 2 is 2.08 bits per heavy atom. The number of pyridine rings is 1. The molecule has 0 spiro atoms. The minimum atomic E-state index is 0.0838. The summed E-state index contributed by atoms with van der Waals surface area (Å²) >= 11 is 0. The van der Waals surface area contributed by atoms with Gasteiger partial charge in [0.25, 0.3) is 0 Å². The molecule has 5 nitrogen and oxygen atoms in total. The van der Waals surface area contributed by atoms with E-state index in [0.717, 1.165) is 17.9 Å². The Bertz CT molecular complexity index is 887. The maximum absolute atomic E-state index is 12.0. The smallest absolute Gasteiger partial charge is 0.219 e. The Morgan fingerprint density at radius 1 is 1.20 bits per heavy atom. The zero-order chi connectivity index (χ0) is 17.2. The van der Waals surface area contributed by atoms with E-state index in [1.807, 2.05) is 35.6 Å². The summed E-state index contributed by atoms with van der Waals surface area (Å²) < 4.78 is 2.15. The molecule has 2 aromatic heterocycles. The molecule has 5 heteroatoms. The number of nitrogens with zero attached hydrogens (tertiary/aromatic N) is 4. The van der Waals surface area contributed by atoms with Crippen molar-refractivity contribution in [3.63, 3.8) is 0 Å². The first-order valence-electron chi connectivity index (χ1n) is 8.45. The van der Waals surface area contributed by atoms with Crippen molar-refractivity contribution in [1.82, 2.24) is 19.4 Å². The molecule has 1 aromatic carbocycles. The molecule has 0 aliphatic carbocycles. The van der Waals surface area contributed by atoms with Gasteiger partial charge in [-0.25, -0.2) is 4.98 Å².